The van der Waals surface area contributed by atoms with Crippen molar-refractivity contribution < 1.29 is 27.9 Å². The second kappa shape index (κ2) is 6.60. The SMILES string of the molecule is Cc1oc(CN(C)C(=O)Cc2c(F)cccc2F)cc1C(=O)O. The number of carboxylic acid groups (broad SMARTS) is 1. The van der Waals surface area contributed by atoms with Crippen molar-refractivity contribution in [3.8, 4) is 0 Å². The van der Waals surface area contributed by atoms with E-state index < -0.39 is 29.9 Å². The zero-order valence-electron chi connectivity index (χ0n) is 12.6. The number of nitrogens with zero attached hydrogens (tertiary/aromatic N) is 1. The van der Waals surface area contributed by atoms with Crippen LogP contribution in [0.1, 0.15) is 27.4 Å². The van der Waals surface area contributed by atoms with E-state index in [1.807, 2.05) is 0 Å². The number of likely N-dealkylation sites (N-methyl/N-ethyl adjacent to an activating group) is 1. The molecule has 0 aliphatic carbocycles. The number of carboxylic acids is 1. The Bertz CT molecular complexity index is 734. The molecule has 0 atom stereocenters. The van der Waals surface area contributed by atoms with Gasteiger partial charge in [-0.1, -0.05) is 6.07 Å². The van der Waals surface area contributed by atoms with Crippen molar-refractivity contribution in [3.05, 3.63) is 58.5 Å². The van der Waals surface area contributed by atoms with Gasteiger partial charge in [0.15, 0.2) is 0 Å². The molecule has 1 aromatic heterocycles. The van der Waals surface area contributed by atoms with Crippen molar-refractivity contribution in [3.63, 3.8) is 0 Å². The molecular weight excluding hydrogens is 308 g/mol. The highest BCUT2D eigenvalue weighted by Crippen LogP contribution is 2.17. The molecule has 0 aliphatic rings. The summed E-state index contributed by atoms with van der Waals surface area (Å²) in [5, 5.41) is 8.95. The smallest absolute Gasteiger partial charge is 0.339 e. The molecule has 1 amide bonds. The van der Waals surface area contributed by atoms with E-state index in [9.17, 15) is 18.4 Å². The summed E-state index contributed by atoms with van der Waals surface area (Å²) in [4.78, 5) is 24.2. The molecule has 1 heterocycles. The lowest BCUT2D eigenvalue weighted by Gasteiger charge is -2.16. The van der Waals surface area contributed by atoms with E-state index in [1.165, 1.54) is 31.0 Å². The summed E-state index contributed by atoms with van der Waals surface area (Å²) in [5.41, 5.74) is -0.285. The van der Waals surface area contributed by atoms with Gasteiger partial charge in [0.05, 0.1) is 13.0 Å². The third-order valence-electron chi connectivity index (χ3n) is 3.41. The fourth-order valence-electron chi connectivity index (χ4n) is 2.14. The third-order valence-corrected chi connectivity index (χ3v) is 3.41. The summed E-state index contributed by atoms with van der Waals surface area (Å²) in [6.45, 7) is 1.51. The topological polar surface area (TPSA) is 70.8 Å². The van der Waals surface area contributed by atoms with E-state index in [2.05, 4.69) is 0 Å². The number of carbonyl (C=O) groups excluding carboxylic acids is 1. The molecule has 0 radical (unpaired) electrons. The molecule has 122 valence electrons. The van der Waals surface area contributed by atoms with Gasteiger partial charge in [0.1, 0.15) is 28.7 Å². The molecule has 23 heavy (non-hydrogen) atoms. The zero-order valence-corrected chi connectivity index (χ0v) is 12.6. The fraction of sp³-hybridized carbons (Fsp3) is 0.250. The summed E-state index contributed by atoms with van der Waals surface area (Å²) < 4.78 is 32.4. The highest BCUT2D eigenvalue weighted by atomic mass is 19.1. The lowest BCUT2D eigenvalue weighted by Crippen LogP contribution is -2.28. The standard InChI is InChI=1S/C16H15F2NO4/c1-9-11(16(21)22)6-10(23-9)8-19(2)15(20)7-12-13(17)4-3-5-14(12)18/h3-6H,7-8H2,1-2H3,(H,21,22). The molecule has 0 saturated carbocycles. The van der Waals surface area contributed by atoms with E-state index in [4.69, 9.17) is 9.52 Å². The minimum Gasteiger partial charge on any atom is -0.478 e. The maximum atomic E-state index is 13.6. The van der Waals surface area contributed by atoms with E-state index in [1.54, 1.807) is 0 Å². The summed E-state index contributed by atoms with van der Waals surface area (Å²) in [6.07, 6.45) is -0.430. The lowest BCUT2D eigenvalue weighted by molar-refractivity contribution is -0.130. The van der Waals surface area contributed by atoms with Crippen LogP contribution in [0, 0.1) is 18.6 Å². The van der Waals surface area contributed by atoms with Crippen LogP contribution in [0.4, 0.5) is 8.78 Å². The Kier molecular flexibility index (Phi) is 4.78. The van der Waals surface area contributed by atoms with Gasteiger partial charge in [0, 0.05) is 12.6 Å². The molecule has 0 unspecified atom stereocenters. The van der Waals surface area contributed by atoms with E-state index in [0.29, 0.717) is 0 Å². The largest absolute Gasteiger partial charge is 0.478 e. The highest BCUT2D eigenvalue weighted by molar-refractivity contribution is 5.88. The van der Waals surface area contributed by atoms with Crippen LogP contribution in [-0.4, -0.2) is 28.9 Å². The maximum absolute atomic E-state index is 13.6. The Balaban J connectivity index is 2.08. The average Bonchev–Trinajstić information content (AvgIpc) is 2.83. The molecule has 1 N–H and O–H groups in total. The first-order valence-electron chi connectivity index (χ1n) is 6.79. The predicted octanol–water partition coefficient (Wildman–Crippen LogP) is 2.77. The molecule has 2 rings (SSSR count). The monoisotopic (exact) mass is 323 g/mol. The molecule has 0 saturated heterocycles. The van der Waals surface area contributed by atoms with Crippen molar-refractivity contribution in [1.29, 1.82) is 0 Å². The molecule has 1 aromatic carbocycles. The van der Waals surface area contributed by atoms with Crippen LogP contribution in [0.25, 0.3) is 0 Å². The van der Waals surface area contributed by atoms with Crippen LogP contribution in [0.2, 0.25) is 0 Å². The van der Waals surface area contributed by atoms with Crippen molar-refractivity contribution in [2.45, 2.75) is 19.9 Å². The van der Waals surface area contributed by atoms with Crippen molar-refractivity contribution in [2.75, 3.05) is 7.05 Å². The van der Waals surface area contributed by atoms with Gasteiger partial charge in [-0.05, 0) is 25.1 Å². The van der Waals surface area contributed by atoms with Crippen LogP contribution in [0.15, 0.2) is 28.7 Å². The van der Waals surface area contributed by atoms with Crippen LogP contribution in [-0.2, 0) is 17.8 Å². The number of rotatable bonds is 5. The number of hydrogen-bond donors (Lipinski definition) is 1. The predicted molar refractivity (Wildman–Crippen MR) is 76.9 cm³/mol. The Morgan fingerprint density at radius 1 is 1.26 bits per heavy atom. The maximum Gasteiger partial charge on any atom is 0.339 e. The van der Waals surface area contributed by atoms with Gasteiger partial charge in [-0.25, -0.2) is 13.6 Å². The number of aryl methyl sites for hydroxylation is 1. The molecule has 0 fully saturated rings. The molecule has 2 aromatic rings. The number of aromatic carboxylic acids is 1. The Morgan fingerprint density at radius 3 is 2.39 bits per heavy atom. The van der Waals surface area contributed by atoms with Gasteiger partial charge in [0.25, 0.3) is 0 Å². The average molecular weight is 323 g/mol. The summed E-state index contributed by atoms with van der Waals surface area (Å²) in [7, 11) is 1.44. The fourth-order valence-corrected chi connectivity index (χ4v) is 2.14. The molecular formula is C16H15F2NO4. The van der Waals surface area contributed by atoms with Gasteiger partial charge in [-0.2, -0.15) is 0 Å². The van der Waals surface area contributed by atoms with Crippen LogP contribution >= 0.6 is 0 Å². The van der Waals surface area contributed by atoms with Gasteiger partial charge in [-0.15, -0.1) is 0 Å². The summed E-state index contributed by atoms with van der Waals surface area (Å²) in [6, 6.07) is 4.72. The molecule has 0 bridgehead atoms. The second-order valence-electron chi connectivity index (χ2n) is 5.11. The van der Waals surface area contributed by atoms with E-state index >= 15 is 0 Å². The van der Waals surface area contributed by atoms with Crippen LogP contribution in [0.5, 0.6) is 0 Å². The minimum absolute atomic E-state index is 0.00300. The number of benzene rings is 1. The lowest BCUT2D eigenvalue weighted by atomic mass is 10.1. The quantitative estimate of drug-likeness (QED) is 0.918. The first-order chi connectivity index (χ1) is 10.8. The zero-order chi connectivity index (χ0) is 17.1. The molecule has 7 heteroatoms. The molecule has 5 nitrogen and oxygen atoms in total. The Hall–Kier alpha value is -2.70. The highest BCUT2D eigenvalue weighted by Gasteiger charge is 2.19. The van der Waals surface area contributed by atoms with Gasteiger partial charge in [-0.3, -0.25) is 4.79 Å². The Morgan fingerprint density at radius 2 is 1.87 bits per heavy atom. The number of amides is 1. The number of carbonyl (C=O) groups is 2. The normalized spacial score (nSPS) is 10.6. The van der Waals surface area contributed by atoms with E-state index in [-0.39, 0.29) is 29.2 Å². The number of furan rings is 1. The second-order valence-corrected chi connectivity index (χ2v) is 5.11. The van der Waals surface area contributed by atoms with Crippen LogP contribution in [0.3, 0.4) is 0 Å². The van der Waals surface area contributed by atoms with Crippen molar-refractivity contribution in [2.24, 2.45) is 0 Å². The van der Waals surface area contributed by atoms with Gasteiger partial charge < -0.3 is 14.4 Å². The van der Waals surface area contributed by atoms with Gasteiger partial charge in [0.2, 0.25) is 5.91 Å². The summed E-state index contributed by atoms with van der Waals surface area (Å²) in [5.74, 6) is -2.69. The minimum atomic E-state index is -1.13. The molecule has 0 spiro atoms. The molecule has 0 aliphatic heterocycles. The van der Waals surface area contributed by atoms with Gasteiger partial charge >= 0.3 is 5.97 Å². The van der Waals surface area contributed by atoms with E-state index in [0.717, 1.165) is 12.1 Å². The first kappa shape index (κ1) is 16.7. The summed E-state index contributed by atoms with van der Waals surface area (Å²) >= 11 is 0. The van der Waals surface area contributed by atoms with Crippen molar-refractivity contribution >= 4 is 11.9 Å². The first-order valence-corrected chi connectivity index (χ1v) is 6.79. The van der Waals surface area contributed by atoms with Crippen LogP contribution < -0.4 is 0 Å². The third kappa shape index (κ3) is 3.74. The van der Waals surface area contributed by atoms with Crippen molar-refractivity contribution in [1.82, 2.24) is 4.90 Å². The Labute approximate surface area is 131 Å². The number of halogens is 2. The number of hydrogen-bond acceptors (Lipinski definition) is 3.